The van der Waals surface area contributed by atoms with Gasteiger partial charge in [-0.1, -0.05) is 51.9 Å². The van der Waals surface area contributed by atoms with E-state index in [-0.39, 0.29) is 0 Å². The Hall–Kier alpha value is 0. The van der Waals surface area contributed by atoms with Crippen LogP contribution in [0.2, 0.25) is 0 Å². The molecule has 0 spiro atoms. The van der Waals surface area contributed by atoms with E-state index >= 15 is 0 Å². The van der Waals surface area contributed by atoms with Crippen LogP contribution < -0.4 is 0 Å². The summed E-state index contributed by atoms with van der Waals surface area (Å²) in [6, 6.07) is 0. The summed E-state index contributed by atoms with van der Waals surface area (Å²) in [5, 5.41) is 0. The maximum atomic E-state index is 2.43. The molecule has 0 aromatic carbocycles. The monoisotopic (exact) mass is 166 g/mol. The largest absolute Gasteiger partial charge is 0.0622 e. The van der Waals surface area contributed by atoms with Crippen molar-refractivity contribution in [3.05, 3.63) is 0 Å². The Labute approximate surface area is 76.7 Å². The molecule has 0 aromatic rings. The number of hydrogen-bond acceptors (Lipinski definition) is 0. The van der Waals surface area contributed by atoms with Crippen molar-refractivity contribution in [3.8, 4) is 0 Å². The Morgan fingerprint density at radius 3 is 1.83 bits per heavy atom. The van der Waals surface area contributed by atoms with Gasteiger partial charge in [0, 0.05) is 0 Å². The van der Waals surface area contributed by atoms with Gasteiger partial charge in [0.05, 0.1) is 0 Å². The van der Waals surface area contributed by atoms with E-state index < -0.39 is 0 Å². The lowest BCUT2D eigenvalue weighted by Crippen LogP contribution is -2.06. The van der Waals surface area contributed by atoms with Crippen LogP contribution in [0, 0.1) is 17.8 Å². The fraction of sp³-hybridized carbons (Fsp3) is 1.00. The molecule has 0 nitrogen and oxygen atoms in total. The average Bonchev–Trinajstić information content (AvgIpc) is 2.65. The van der Waals surface area contributed by atoms with Gasteiger partial charge in [-0.05, 0) is 24.2 Å². The van der Waals surface area contributed by atoms with Gasteiger partial charge in [-0.25, -0.2) is 0 Å². The third kappa shape index (κ3) is 2.02. The molecule has 2 saturated carbocycles. The van der Waals surface area contributed by atoms with Crippen molar-refractivity contribution < 1.29 is 0 Å². The van der Waals surface area contributed by atoms with Crippen molar-refractivity contribution in [2.45, 2.75) is 58.3 Å². The quantitative estimate of drug-likeness (QED) is 0.552. The van der Waals surface area contributed by atoms with E-state index in [2.05, 4.69) is 6.92 Å². The second kappa shape index (κ2) is 3.81. The van der Waals surface area contributed by atoms with E-state index in [1.165, 1.54) is 32.1 Å². The molecule has 2 rings (SSSR count). The summed E-state index contributed by atoms with van der Waals surface area (Å²) in [6.45, 7) is 2.43. The molecule has 0 heteroatoms. The highest BCUT2D eigenvalue weighted by Crippen LogP contribution is 2.47. The van der Waals surface area contributed by atoms with Gasteiger partial charge in [0.15, 0.2) is 0 Å². The maximum Gasteiger partial charge on any atom is -0.0357 e. The van der Waals surface area contributed by atoms with Crippen molar-refractivity contribution in [1.29, 1.82) is 0 Å². The van der Waals surface area contributed by atoms with E-state index in [1.807, 2.05) is 0 Å². The fourth-order valence-electron chi connectivity index (χ4n) is 2.92. The Morgan fingerprint density at radius 1 is 0.833 bits per heavy atom. The SMILES string of the molecule is CC1CC1C1CCCCCCC1. The molecule has 2 unspecified atom stereocenters. The number of hydrogen-bond donors (Lipinski definition) is 0. The minimum atomic E-state index is 1.08. The highest BCUT2D eigenvalue weighted by molar-refractivity contribution is 4.88. The standard InChI is InChI=1S/C12H22/c1-10-9-12(10)11-7-5-3-2-4-6-8-11/h10-12H,2-9H2,1H3. The van der Waals surface area contributed by atoms with Crippen LogP contribution in [-0.4, -0.2) is 0 Å². The van der Waals surface area contributed by atoms with Crippen LogP contribution in [-0.2, 0) is 0 Å². The van der Waals surface area contributed by atoms with E-state index in [9.17, 15) is 0 Å². The van der Waals surface area contributed by atoms with Gasteiger partial charge in [-0.15, -0.1) is 0 Å². The van der Waals surface area contributed by atoms with Gasteiger partial charge in [0.25, 0.3) is 0 Å². The van der Waals surface area contributed by atoms with E-state index in [1.54, 1.807) is 19.3 Å². The van der Waals surface area contributed by atoms with Crippen molar-refractivity contribution in [3.63, 3.8) is 0 Å². The highest BCUT2D eigenvalue weighted by Gasteiger charge is 2.38. The number of rotatable bonds is 1. The predicted molar refractivity (Wildman–Crippen MR) is 53.1 cm³/mol. The molecule has 2 atom stereocenters. The Kier molecular flexibility index (Phi) is 2.73. The minimum Gasteiger partial charge on any atom is -0.0622 e. The second-order valence-electron chi connectivity index (χ2n) is 4.98. The van der Waals surface area contributed by atoms with Crippen LogP contribution in [0.1, 0.15) is 58.3 Å². The molecule has 0 N–H and O–H groups in total. The molecular weight excluding hydrogens is 144 g/mol. The molecule has 0 bridgehead atoms. The van der Waals surface area contributed by atoms with E-state index in [4.69, 9.17) is 0 Å². The second-order valence-corrected chi connectivity index (χ2v) is 4.98. The fourth-order valence-corrected chi connectivity index (χ4v) is 2.92. The zero-order valence-corrected chi connectivity index (χ0v) is 8.39. The van der Waals surface area contributed by atoms with Crippen LogP contribution in [0.15, 0.2) is 0 Å². The van der Waals surface area contributed by atoms with Crippen molar-refractivity contribution in [2.75, 3.05) is 0 Å². The maximum absolute atomic E-state index is 2.43. The Balaban J connectivity index is 1.78. The summed E-state index contributed by atoms with van der Waals surface area (Å²) >= 11 is 0. The Morgan fingerprint density at radius 2 is 1.33 bits per heavy atom. The lowest BCUT2D eigenvalue weighted by atomic mass is 9.87. The molecule has 2 aliphatic rings. The van der Waals surface area contributed by atoms with E-state index in [0.717, 1.165) is 17.8 Å². The molecule has 2 fully saturated rings. The lowest BCUT2D eigenvalue weighted by molar-refractivity contribution is 0.332. The van der Waals surface area contributed by atoms with Crippen molar-refractivity contribution in [1.82, 2.24) is 0 Å². The summed E-state index contributed by atoms with van der Waals surface area (Å²) in [5.41, 5.74) is 0. The van der Waals surface area contributed by atoms with Crippen LogP contribution in [0.3, 0.4) is 0 Å². The minimum absolute atomic E-state index is 1.08. The molecule has 0 aromatic heterocycles. The molecule has 0 heterocycles. The predicted octanol–water partition coefficient (Wildman–Crippen LogP) is 4.00. The third-order valence-corrected chi connectivity index (χ3v) is 3.93. The summed E-state index contributed by atoms with van der Waals surface area (Å²) < 4.78 is 0. The summed E-state index contributed by atoms with van der Waals surface area (Å²) in [5.74, 6) is 3.35. The van der Waals surface area contributed by atoms with Crippen LogP contribution >= 0.6 is 0 Å². The first-order valence-electron chi connectivity index (χ1n) is 5.88. The van der Waals surface area contributed by atoms with Gasteiger partial charge >= 0.3 is 0 Å². The molecule has 0 saturated heterocycles. The van der Waals surface area contributed by atoms with Gasteiger partial charge < -0.3 is 0 Å². The third-order valence-electron chi connectivity index (χ3n) is 3.93. The zero-order chi connectivity index (χ0) is 8.39. The van der Waals surface area contributed by atoms with Crippen LogP contribution in [0.4, 0.5) is 0 Å². The van der Waals surface area contributed by atoms with Crippen molar-refractivity contribution in [2.24, 2.45) is 17.8 Å². The van der Waals surface area contributed by atoms with Crippen LogP contribution in [0.25, 0.3) is 0 Å². The lowest BCUT2D eigenvalue weighted by Gasteiger charge is -2.19. The first kappa shape index (κ1) is 8.59. The molecular formula is C12H22. The Bertz CT molecular complexity index is 131. The molecule has 0 amide bonds. The first-order chi connectivity index (χ1) is 5.88. The molecule has 0 radical (unpaired) electrons. The highest BCUT2D eigenvalue weighted by atomic mass is 14.4. The molecule has 2 aliphatic carbocycles. The summed E-state index contributed by atoms with van der Waals surface area (Å²) in [4.78, 5) is 0. The zero-order valence-electron chi connectivity index (χ0n) is 8.39. The van der Waals surface area contributed by atoms with E-state index in [0.29, 0.717) is 0 Å². The molecule has 70 valence electrons. The van der Waals surface area contributed by atoms with Gasteiger partial charge in [0.1, 0.15) is 0 Å². The molecule has 0 aliphatic heterocycles. The van der Waals surface area contributed by atoms with Gasteiger partial charge in [0.2, 0.25) is 0 Å². The topological polar surface area (TPSA) is 0 Å². The van der Waals surface area contributed by atoms with Gasteiger partial charge in [-0.3, -0.25) is 0 Å². The van der Waals surface area contributed by atoms with Crippen LogP contribution in [0.5, 0.6) is 0 Å². The average molecular weight is 166 g/mol. The smallest absolute Gasteiger partial charge is 0.0357 e. The van der Waals surface area contributed by atoms with Crippen molar-refractivity contribution >= 4 is 0 Å². The normalized spacial score (nSPS) is 38.8. The molecule has 12 heavy (non-hydrogen) atoms. The first-order valence-corrected chi connectivity index (χ1v) is 5.88. The summed E-state index contributed by atoms with van der Waals surface area (Å²) in [6.07, 6.45) is 12.2. The summed E-state index contributed by atoms with van der Waals surface area (Å²) in [7, 11) is 0. The van der Waals surface area contributed by atoms with Gasteiger partial charge in [-0.2, -0.15) is 0 Å².